The number of nitrogens with zero attached hydrogens (tertiary/aromatic N) is 2. The summed E-state index contributed by atoms with van der Waals surface area (Å²) in [7, 11) is 1.96. The zero-order chi connectivity index (χ0) is 17.3. The number of benzene rings is 1. The maximum Gasteiger partial charge on any atom is 0.161 e. The van der Waals surface area contributed by atoms with Crippen molar-refractivity contribution in [2.75, 3.05) is 32.0 Å². The van der Waals surface area contributed by atoms with E-state index in [9.17, 15) is 8.78 Å². The zero-order valence-electron chi connectivity index (χ0n) is 13.9. The van der Waals surface area contributed by atoms with E-state index in [1.165, 1.54) is 0 Å². The topological polar surface area (TPSA) is 39.7 Å². The second-order valence-electron chi connectivity index (χ2n) is 5.72. The fourth-order valence-corrected chi connectivity index (χ4v) is 3.54. The first-order valence-corrected chi connectivity index (χ1v) is 8.68. The summed E-state index contributed by atoms with van der Waals surface area (Å²) in [5.74, 6) is -1.02. The Bertz CT molecular complexity index is 785. The zero-order valence-corrected chi connectivity index (χ0v) is 14.7. The molecule has 128 valence electrons. The van der Waals surface area contributed by atoms with Crippen molar-refractivity contribution in [1.82, 2.24) is 10.2 Å². The largest absolute Gasteiger partial charge is 0.358 e. The van der Waals surface area contributed by atoms with Gasteiger partial charge in [0.25, 0.3) is 0 Å². The second-order valence-corrected chi connectivity index (χ2v) is 6.98. The predicted molar refractivity (Wildman–Crippen MR) is 96.1 cm³/mol. The highest BCUT2D eigenvalue weighted by atomic mass is 32.1. The van der Waals surface area contributed by atoms with Crippen molar-refractivity contribution < 1.29 is 8.78 Å². The van der Waals surface area contributed by atoms with Gasteiger partial charge in [-0.25, -0.2) is 13.8 Å². The number of aryl methyl sites for hydroxylation is 1. The standard InChI is InChI=1S/C17H20F2N4S/c1-4-20-5-6-23(3)16-11-7-10(2)24-17(11)22-15-9-13(19)12(18)8-14(15)21-16/h7-9,20,22H,4-6H2,1-3H3. The average Bonchev–Trinajstić information content (AvgIpc) is 2.83. The molecule has 2 heterocycles. The molecule has 1 aliphatic rings. The number of rotatable bonds is 4. The summed E-state index contributed by atoms with van der Waals surface area (Å²) in [4.78, 5) is 7.79. The van der Waals surface area contributed by atoms with Gasteiger partial charge in [0.2, 0.25) is 0 Å². The number of likely N-dealkylation sites (N-methyl/N-ethyl adjacent to an activating group) is 2. The van der Waals surface area contributed by atoms with Crippen LogP contribution in [0.5, 0.6) is 0 Å². The molecular weight excluding hydrogens is 330 g/mol. The third-order valence-corrected chi connectivity index (χ3v) is 4.81. The van der Waals surface area contributed by atoms with E-state index in [4.69, 9.17) is 0 Å². The van der Waals surface area contributed by atoms with Crippen molar-refractivity contribution in [3.63, 3.8) is 0 Å². The maximum atomic E-state index is 13.6. The first kappa shape index (κ1) is 16.9. The summed E-state index contributed by atoms with van der Waals surface area (Å²) in [6.07, 6.45) is 0. The number of thiophene rings is 1. The highest BCUT2D eigenvalue weighted by Crippen LogP contribution is 2.39. The molecule has 24 heavy (non-hydrogen) atoms. The molecule has 7 heteroatoms. The van der Waals surface area contributed by atoms with Crippen LogP contribution in [-0.2, 0) is 0 Å². The Hall–Kier alpha value is -1.99. The van der Waals surface area contributed by atoms with E-state index < -0.39 is 11.6 Å². The molecule has 2 N–H and O–H groups in total. The number of hydrogen-bond acceptors (Lipinski definition) is 5. The number of anilines is 2. The van der Waals surface area contributed by atoms with Gasteiger partial charge in [-0.1, -0.05) is 6.92 Å². The highest BCUT2D eigenvalue weighted by molar-refractivity contribution is 7.16. The third kappa shape index (κ3) is 3.27. The van der Waals surface area contributed by atoms with Crippen molar-refractivity contribution in [3.05, 3.63) is 40.3 Å². The number of aliphatic imine (C=N–C) groups is 1. The molecule has 2 aromatic rings. The van der Waals surface area contributed by atoms with Crippen LogP contribution in [0.4, 0.5) is 25.2 Å². The van der Waals surface area contributed by atoms with Crippen molar-refractivity contribution in [1.29, 1.82) is 0 Å². The van der Waals surface area contributed by atoms with E-state index in [2.05, 4.69) is 22.5 Å². The monoisotopic (exact) mass is 350 g/mol. The summed E-state index contributed by atoms with van der Waals surface area (Å²) < 4.78 is 27.2. The molecule has 0 amide bonds. The minimum atomic E-state index is -0.893. The summed E-state index contributed by atoms with van der Waals surface area (Å²) in [5.41, 5.74) is 1.83. The molecule has 0 spiro atoms. The van der Waals surface area contributed by atoms with Gasteiger partial charge < -0.3 is 15.5 Å². The van der Waals surface area contributed by atoms with Crippen LogP contribution in [0.15, 0.2) is 23.2 Å². The van der Waals surface area contributed by atoms with Gasteiger partial charge in [-0.2, -0.15) is 0 Å². The minimum Gasteiger partial charge on any atom is -0.358 e. The van der Waals surface area contributed by atoms with Gasteiger partial charge in [0.1, 0.15) is 10.8 Å². The molecule has 0 saturated heterocycles. The predicted octanol–water partition coefficient (Wildman–Crippen LogP) is 4.01. The average molecular weight is 350 g/mol. The lowest BCUT2D eigenvalue weighted by atomic mass is 10.2. The molecule has 0 aliphatic carbocycles. The molecule has 1 aromatic carbocycles. The molecule has 0 bridgehead atoms. The van der Waals surface area contributed by atoms with E-state index >= 15 is 0 Å². The number of amidine groups is 1. The molecule has 1 aromatic heterocycles. The summed E-state index contributed by atoms with van der Waals surface area (Å²) in [6.45, 7) is 6.56. The van der Waals surface area contributed by atoms with Crippen molar-refractivity contribution in [2.24, 2.45) is 4.99 Å². The van der Waals surface area contributed by atoms with Gasteiger partial charge in [-0.15, -0.1) is 11.3 Å². The van der Waals surface area contributed by atoms with Crippen LogP contribution >= 0.6 is 11.3 Å². The van der Waals surface area contributed by atoms with Crippen LogP contribution in [0, 0.1) is 18.6 Å². The number of fused-ring (bicyclic) bond motifs is 2. The van der Waals surface area contributed by atoms with E-state index in [1.807, 2.05) is 24.9 Å². The number of hydrogen-bond donors (Lipinski definition) is 2. The molecule has 1 aliphatic heterocycles. The quantitative estimate of drug-likeness (QED) is 0.819. The van der Waals surface area contributed by atoms with Crippen LogP contribution in [0.1, 0.15) is 17.4 Å². The first-order valence-electron chi connectivity index (χ1n) is 7.87. The van der Waals surface area contributed by atoms with Crippen LogP contribution in [0.2, 0.25) is 0 Å². The molecule has 3 rings (SSSR count). The van der Waals surface area contributed by atoms with Gasteiger partial charge >= 0.3 is 0 Å². The Labute approximate surface area is 144 Å². The summed E-state index contributed by atoms with van der Waals surface area (Å²) in [6, 6.07) is 4.35. The van der Waals surface area contributed by atoms with Crippen molar-refractivity contribution in [2.45, 2.75) is 13.8 Å². The number of nitrogens with one attached hydrogen (secondary N) is 2. The van der Waals surface area contributed by atoms with Gasteiger partial charge in [0.15, 0.2) is 11.6 Å². The smallest absolute Gasteiger partial charge is 0.161 e. The van der Waals surface area contributed by atoms with E-state index in [-0.39, 0.29) is 0 Å². The molecule has 0 fully saturated rings. The summed E-state index contributed by atoms with van der Waals surface area (Å²) >= 11 is 1.58. The van der Waals surface area contributed by atoms with E-state index in [1.54, 1.807) is 11.3 Å². The lowest BCUT2D eigenvalue weighted by Crippen LogP contribution is -2.34. The molecular formula is C17H20F2N4S. The highest BCUT2D eigenvalue weighted by Gasteiger charge is 2.22. The Morgan fingerprint density at radius 1 is 1.25 bits per heavy atom. The SMILES string of the molecule is CCNCCN(C)C1=Nc2cc(F)c(F)cc2Nc2sc(C)cc21. The van der Waals surface area contributed by atoms with Gasteiger partial charge in [-0.05, 0) is 19.5 Å². The van der Waals surface area contributed by atoms with Crippen LogP contribution < -0.4 is 10.6 Å². The van der Waals surface area contributed by atoms with E-state index in [0.29, 0.717) is 11.4 Å². The lowest BCUT2D eigenvalue weighted by Gasteiger charge is -2.21. The Kier molecular flexibility index (Phi) is 4.82. The van der Waals surface area contributed by atoms with Gasteiger partial charge in [-0.3, -0.25) is 0 Å². The van der Waals surface area contributed by atoms with Crippen molar-refractivity contribution in [3.8, 4) is 0 Å². The molecule has 0 saturated carbocycles. The Morgan fingerprint density at radius 3 is 2.75 bits per heavy atom. The van der Waals surface area contributed by atoms with Gasteiger partial charge in [0.05, 0.1) is 16.9 Å². The second kappa shape index (κ2) is 6.86. The van der Waals surface area contributed by atoms with Crippen molar-refractivity contribution >= 4 is 33.5 Å². The number of halogens is 2. The first-order chi connectivity index (χ1) is 11.5. The lowest BCUT2D eigenvalue weighted by molar-refractivity contribution is 0.487. The normalized spacial score (nSPS) is 12.8. The molecule has 0 atom stereocenters. The fraction of sp³-hybridized carbons (Fsp3) is 0.353. The minimum absolute atomic E-state index is 0.403. The molecule has 0 radical (unpaired) electrons. The Morgan fingerprint density at radius 2 is 2.00 bits per heavy atom. The van der Waals surface area contributed by atoms with Crippen LogP contribution in [-0.4, -0.2) is 37.4 Å². The van der Waals surface area contributed by atoms with Crippen LogP contribution in [0.3, 0.4) is 0 Å². The molecule has 4 nitrogen and oxygen atoms in total. The molecule has 0 unspecified atom stereocenters. The fourth-order valence-electron chi connectivity index (χ4n) is 2.62. The Balaban J connectivity index is 2.05. The maximum absolute atomic E-state index is 13.6. The van der Waals surface area contributed by atoms with E-state index in [0.717, 1.165) is 53.0 Å². The van der Waals surface area contributed by atoms with Crippen LogP contribution in [0.25, 0.3) is 0 Å². The van der Waals surface area contributed by atoms with Gasteiger partial charge in [0, 0.05) is 37.1 Å². The third-order valence-electron chi connectivity index (χ3n) is 3.84. The summed E-state index contributed by atoms with van der Waals surface area (Å²) in [5, 5.41) is 7.37.